The Bertz CT molecular complexity index is 252. The van der Waals surface area contributed by atoms with E-state index in [1.165, 1.54) is 12.8 Å². The maximum atomic E-state index is 6.55. The topological polar surface area (TPSA) is 9.23 Å². The monoisotopic (exact) mass is 240 g/mol. The van der Waals surface area contributed by atoms with Crippen LogP contribution >= 0.6 is 0 Å². The van der Waals surface area contributed by atoms with Crippen molar-refractivity contribution in [1.82, 2.24) is 0 Å². The SMILES string of the molecule is C=CC1CCC(C)C1O[Si](C)(C)C(C)(C)C. The Kier molecular flexibility index (Phi) is 4.07. The van der Waals surface area contributed by atoms with Gasteiger partial charge in [-0.3, -0.25) is 0 Å². The first-order chi connectivity index (χ1) is 7.19. The van der Waals surface area contributed by atoms with Gasteiger partial charge in [0.25, 0.3) is 0 Å². The summed E-state index contributed by atoms with van der Waals surface area (Å²) in [7, 11) is -1.62. The van der Waals surface area contributed by atoms with Gasteiger partial charge in [0.05, 0.1) is 6.10 Å². The summed E-state index contributed by atoms with van der Waals surface area (Å²) in [5, 5.41) is 0.307. The van der Waals surface area contributed by atoms with Crippen LogP contribution in [0.3, 0.4) is 0 Å². The molecule has 94 valence electrons. The molecule has 16 heavy (non-hydrogen) atoms. The summed E-state index contributed by atoms with van der Waals surface area (Å²) in [5.74, 6) is 1.27. The lowest BCUT2D eigenvalue weighted by Gasteiger charge is -2.40. The minimum absolute atomic E-state index is 0.307. The van der Waals surface area contributed by atoms with Crippen LogP contribution in [0.2, 0.25) is 18.1 Å². The van der Waals surface area contributed by atoms with Crippen molar-refractivity contribution in [3.8, 4) is 0 Å². The smallest absolute Gasteiger partial charge is 0.192 e. The quantitative estimate of drug-likeness (QED) is 0.517. The zero-order valence-electron chi connectivity index (χ0n) is 11.8. The van der Waals surface area contributed by atoms with Crippen molar-refractivity contribution in [2.24, 2.45) is 11.8 Å². The highest BCUT2D eigenvalue weighted by Crippen LogP contribution is 2.42. The van der Waals surface area contributed by atoms with Gasteiger partial charge in [-0.1, -0.05) is 33.8 Å². The molecule has 0 spiro atoms. The molecule has 3 unspecified atom stereocenters. The Balaban J connectivity index is 2.75. The third-order valence-electron chi connectivity index (χ3n) is 4.48. The van der Waals surface area contributed by atoms with Gasteiger partial charge < -0.3 is 4.43 Å². The summed E-state index contributed by atoms with van der Waals surface area (Å²) in [6, 6.07) is 0. The minimum Gasteiger partial charge on any atom is -0.413 e. The summed E-state index contributed by atoms with van der Waals surface area (Å²) in [5.41, 5.74) is 0. The summed E-state index contributed by atoms with van der Waals surface area (Å²) in [6.45, 7) is 17.9. The Morgan fingerprint density at radius 2 is 1.81 bits per heavy atom. The molecule has 1 aliphatic rings. The Morgan fingerprint density at radius 1 is 1.25 bits per heavy atom. The number of rotatable bonds is 3. The Morgan fingerprint density at radius 3 is 2.25 bits per heavy atom. The molecular weight excluding hydrogens is 212 g/mol. The first-order valence-corrected chi connectivity index (χ1v) is 9.40. The van der Waals surface area contributed by atoms with Crippen molar-refractivity contribution in [2.75, 3.05) is 0 Å². The largest absolute Gasteiger partial charge is 0.413 e. The number of hydrogen-bond acceptors (Lipinski definition) is 1. The van der Waals surface area contributed by atoms with Crippen LogP contribution in [0.4, 0.5) is 0 Å². The van der Waals surface area contributed by atoms with Crippen molar-refractivity contribution in [3.63, 3.8) is 0 Å². The van der Waals surface area contributed by atoms with Crippen LogP contribution in [0.25, 0.3) is 0 Å². The fourth-order valence-corrected chi connectivity index (χ4v) is 3.62. The molecule has 0 amide bonds. The average Bonchev–Trinajstić information content (AvgIpc) is 2.45. The highest BCUT2D eigenvalue weighted by atomic mass is 28.4. The highest BCUT2D eigenvalue weighted by molar-refractivity contribution is 6.74. The van der Waals surface area contributed by atoms with E-state index in [0.717, 1.165) is 0 Å². The van der Waals surface area contributed by atoms with E-state index in [0.29, 0.717) is 23.0 Å². The van der Waals surface area contributed by atoms with Gasteiger partial charge in [0.15, 0.2) is 8.32 Å². The second kappa shape index (κ2) is 4.65. The van der Waals surface area contributed by atoms with Gasteiger partial charge in [0, 0.05) is 5.92 Å². The van der Waals surface area contributed by atoms with Gasteiger partial charge in [0.2, 0.25) is 0 Å². The standard InChI is InChI=1S/C14H28OSi/c1-8-12-10-9-11(2)13(12)15-16(6,7)14(3,4)5/h8,11-13H,1,9-10H2,2-7H3. The van der Waals surface area contributed by atoms with Gasteiger partial charge in [-0.2, -0.15) is 0 Å². The predicted molar refractivity (Wildman–Crippen MR) is 74.2 cm³/mol. The third kappa shape index (κ3) is 2.78. The fourth-order valence-electron chi connectivity index (χ4n) is 2.18. The van der Waals surface area contributed by atoms with E-state index >= 15 is 0 Å². The molecule has 1 aliphatic carbocycles. The minimum atomic E-state index is -1.62. The lowest BCUT2D eigenvalue weighted by Crippen LogP contribution is -2.45. The predicted octanol–water partition coefficient (Wildman–Crippen LogP) is 4.61. The Labute approximate surface area is 102 Å². The van der Waals surface area contributed by atoms with Gasteiger partial charge in [-0.25, -0.2) is 0 Å². The van der Waals surface area contributed by atoms with Crippen molar-refractivity contribution < 1.29 is 4.43 Å². The van der Waals surface area contributed by atoms with E-state index in [4.69, 9.17) is 4.43 Å². The molecule has 3 atom stereocenters. The molecule has 2 heteroatoms. The molecule has 0 aromatic heterocycles. The fraction of sp³-hybridized carbons (Fsp3) is 0.857. The maximum Gasteiger partial charge on any atom is 0.192 e. The van der Waals surface area contributed by atoms with E-state index in [9.17, 15) is 0 Å². The van der Waals surface area contributed by atoms with E-state index in [2.05, 4.69) is 53.4 Å². The average molecular weight is 240 g/mol. The summed E-state index contributed by atoms with van der Waals surface area (Å²) in [6.07, 6.45) is 5.06. The van der Waals surface area contributed by atoms with Crippen LogP contribution < -0.4 is 0 Å². The molecule has 1 rings (SSSR count). The molecule has 1 fully saturated rings. The summed E-state index contributed by atoms with van der Waals surface area (Å²) < 4.78 is 6.55. The first-order valence-electron chi connectivity index (χ1n) is 6.49. The molecule has 0 saturated heterocycles. The van der Waals surface area contributed by atoms with E-state index in [1.807, 2.05) is 0 Å². The van der Waals surface area contributed by atoms with Crippen LogP contribution in [-0.4, -0.2) is 14.4 Å². The highest BCUT2D eigenvalue weighted by Gasteiger charge is 2.43. The van der Waals surface area contributed by atoms with Crippen LogP contribution in [0, 0.1) is 11.8 Å². The molecule has 1 nitrogen and oxygen atoms in total. The van der Waals surface area contributed by atoms with Gasteiger partial charge in [-0.05, 0) is 36.9 Å². The third-order valence-corrected chi connectivity index (χ3v) is 8.95. The van der Waals surface area contributed by atoms with Crippen molar-refractivity contribution in [3.05, 3.63) is 12.7 Å². The van der Waals surface area contributed by atoms with E-state index in [-0.39, 0.29) is 0 Å². The zero-order valence-corrected chi connectivity index (χ0v) is 12.8. The lowest BCUT2D eigenvalue weighted by atomic mass is 10.0. The molecule has 0 N–H and O–H groups in total. The van der Waals surface area contributed by atoms with E-state index in [1.54, 1.807) is 0 Å². The second-order valence-electron chi connectivity index (χ2n) is 6.80. The zero-order chi connectivity index (χ0) is 12.6. The maximum absolute atomic E-state index is 6.55. The van der Waals surface area contributed by atoms with Gasteiger partial charge in [-0.15, -0.1) is 6.58 Å². The van der Waals surface area contributed by atoms with Crippen LogP contribution in [0.5, 0.6) is 0 Å². The molecule has 0 aromatic rings. The molecule has 0 heterocycles. The van der Waals surface area contributed by atoms with Gasteiger partial charge in [0.1, 0.15) is 0 Å². The molecule has 0 aliphatic heterocycles. The molecule has 0 radical (unpaired) electrons. The summed E-state index contributed by atoms with van der Waals surface area (Å²) in [4.78, 5) is 0. The lowest BCUT2D eigenvalue weighted by molar-refractivity contribution is 0.124. The summed E-state index contributed by atoms with van der Waals surface area (Å²) >= 11 is 0. The van der Waals surface area contributed by atoms with Crippen LogP contribution in [-0.2, 0) is 4.43 Å². The molecule has 0 aromatic carbocycles. The Hall–Kier alpha value is -0.0831. The second-order valence-corrected chi connectivity index (χ2v) is 11.6. The van der Waals surface area contributed by atoms with Gasteiger partial charge >= 0.3 is 0 Å². The normalized spacial score (nSPS) is 31.8. The van der Waals surface area contributed by atoms with Crippen molar-refractivity contribution >= 4 is 8.32 Å². The molecule has 1 saturated carbocycles. The molecular formula is C14H28OSi. The van der Waals surface area contributed by atoms with E-state index < -0.39 is 8.32 Å². The van der Waals surface area contributed by atoms with Crippen molar-refractivity contribution in [2.45, 2.75) is 64.8 Å². The first kappa shape index (κ1) is 14.0. The van der Waals surface area contributed by atoms with Crippen molar-refractivity contribution in [1.29, 1.82) is 0 Å². The van der Waals surface area contributed by atoms with Crippen LogP contribution in [0.1, 0.15) is 40.5 Å². The number of hydrogen-bond donors (Lipinski definition) is 0. The molecule has 0 bridgehead atoms. The van der Waals surface area contributed by atoms with Crippen LogP contribution in [0.15, 0.2) is 12.7 Å².